The summed E-state index contributed by atoms with van der Waals surface area (Å²) in [5, 5.41) is 11.0. The van der Waals surface area contributed by atoms with E-state index in [0.717, 1.165) is 18.4 Å². The van der Waals surface area contributed by atoms with Crippen molar-refractivity contribution in [3.05, 3.63) is 28.8 Å². The Balaban J connectivity index is 2.21. The number of ether oxygens (including phenoxy) is 1. The molecule has 2 rings (SSSR count). The van der Waals surface area contributed by atoms with Crippen molar-refractivity contribution < 1.29 is 9.84 Å². The number of nitrogens with two attached hydrogens (primary N) is 1. The molecule has 1 aromatic carbocycles. The maximum absolute atomic E-state index is 10.4. The Morgan fingerprint density at radius 1 is 1.39 bits per heavy atom. The monoisotopic (exact) mass is 269 g/mol. The third-order valence-electron chi connectivity index (χ3n) is 3.80. The molecule has 3 N–H and O–H groups in total. The predicted molar refractivity (Wildman–Crippen MR) is 72.9 cm³/mol. The van der Waals surface area contributed by atoms with Gasteiger partial charge in [-0.25, -0.2) is 0 Å². The van der Waals surface area contributed by atoms with Crippen molar-refractivity contribution in [2.24, 2.45) is 11.7 Å². The number of aliphatic hydroxyl groups is 1. The minimum Gasteiger partial charge on any atom is -0.496 e. The number of hydrogen-bond acceptors (Lipinski definition) is 3. The van der Waals surface area contributed by atoms with Crippen LogP contribution in [0.3, 0.4) is 0 Å². The first-order valence-electron chi connectivity index (χ1n) is 6.40. The zero-order chi connectivity index (χ0) is 13.1. The molecule has 0 bridgehead atoms. The molecule has 1 saturated carbocycles. The molecule has 0 aromatic heterocycles. The Bertz CT molecular complexity index is 405. The highest BCUT2D eigenvalue weighted by Crippen LogP contribution is 2.36. The molecule has 4 heteroatoms. The van der Waals surface area contributed by atoms with E-state index >= 15 is 0 Å². The second-order valence-electron chi connectivity index (χ2n) is 4.95. The van der Waals surface area contributed by atoms with E-state index in [0.29, 0.717) is 16.7 Å². The first kappa shape index (κ1) is 13.7. The fourth-order valence-electron chi connectivity index (χ4n) is 2.74. The van der Waals surface area contributed by atoms with Gasteiger partial charge < -0.3 is 15.6 Å². The minimum absolute atomic E-state index is 0.295. The summed E-state index contributed by atoms with van der Waals surface area (Å²) in [6.07, 6.45) is 3.94. The molecule has 1 aliphatic rings. The van der Waals surface area contributed by atoms with Gasteiger partial charge in [0.25, 0.3) is 0 Å². The maximum Gasteiger partial charge on any atom is 0.123 e. The molecule has 0 amide bonds. The van der Waals surface area contributed by atoms with E-state index in [2.05, 4.69) is 0 Å². The Hall–Kier alpha value is -0.770. The third kappa shape index (κ3) is 2.79. The molecule has 0 radical (unpaired) electrons. The zero-order valence-electron chi connectivity index (χ0n) is 10.6. The average Bonchev–Trinajstić information content (AvgIpc) is 2.90. The Morgan fingerprint density at radius 2 is 2.06 bits per heavy atom. The normalized spacial score (nSPS) is 19.8. The van der Waals surface area contributed by atoms with Crippen LogP contribution in [0.5, 0.6) is 5.75 Å². The SMILES string of the molecule is COc1ccc(Cl)cc1[C@H](N)[C@H](O)C1CCCC1. The number of benzene rings is 1. The Labute approximate surface area is 113 Å². The molecular weight excluding hydrogens is 250 g/mol. The molecule has 2 atom stereocenters. The highest BCUT2D eigenvalue weighted by Gasteiger charge is 2.30. The van der Waals surface area contributed by atoms with Crippen LogP contribution in [0.1, 0.15) is 37.3 Å². The molecule has 1 fully saturated rings. The van der Waals surface area contributed by atoms with E-state index in [4.69, 9.17) is 22.1 Å². The average molecular weight is 270 g/mol. The van der Waals surface area contributed by atoms with Gasteiger partial charge in [-0.05, 0) is 37.0 Å². The van der Waals surface area contributed by atoms with Crippen LogP contribution in [0, 0.1) is 5.92 Å². The lowest BCUT2D eigenvalue weighted by atomic mass is 9.90. The van der Waals surface area contributed by atoms with Crippen LogP contribution in [0.2, 0.25) is 5.02 Å². The number of aliphatic hydroxyl groups excluding tert-OH is 1. The fraction of sp³-hybridized carbons (Fsp3) is 0.571. The number of halogens is 1. The minimum atomic E-state index is -0.528. The van der Waals surface area contributed by atoms with Crippen LogP contribution in [-0.4, -0.2) is 18.3 Å². The second kappa shape index (κ2) is 5.91. The largest absolute Gasteiger partial charge is 0.496 e. The van der Waals surface area contributed by atoms with Gasteiger partial charge in [-0.3, -0.25) is 0 Å². The van der Waals surface area contributed by atoms with Gasteiger partial charge in [-0.1, -0.05) is 24.4 Å². The van der Waals surface area contributed by atoms with Crippen molar-refractivity contribution in [1.82, 2.24) is 0 Å². The third-order valence-corrected chi connectivity index (χ3v) is 4.04. The van der Waals surface area contributed by atoms with E-state index in [1.165, 1.54) is 12.8 Å². The van der Waals surface area contributed by atoms with E-state index in [1.807, 2.05) is 0 Å². The first-order valence-corrected chi connectivity index (χ1v) is 6.78. The summed E-state index contributed by atoms with van der Waals surface area (Å²) < 4.78 is 5.28. The molecule has 3 nitrogen and oxygen atoms in total. The van der Waals surface area contributed by atoms with Crippen molar-refractivity contribution >= 4 is 11.6 Å². The quantitative estimate of drug-likeness (QED) is 0.884. The predicted octanol–water partition coefficient (Wildman–Crippen LogP) is 2.90. The van der Waals surface area contributed by atoms with Gasteiger partial charge in [0.1, 0.15) is 5.75 Å². The fourth-order valence-corrected chi connectivity index (χ4v) is 2.92. The number of hydrogen-bond donors (Lipinski definition) is 2. The lowest BCUT2D eigenvalue weighted by Gasteiger charge is -2.26. The summed E-state index contributed by atoms with van der Waals surface area (Å²) in [7, 11) is 1.60. The van der Waals surface area contributed by atoms with Gasteiger partial charge in [-0.2, -0.15) is 0 Å². The zero-order valence-corrected chi connectivity index (χ0v) is 11.4. The topological polar surface area (TPSA) is 55.5 Å². The molecule has 0 spiro atoms. The van der Waals surface area contributed by atoms with E-state index < -0.39 is 12.1 Å². The maximum atomic E-state index is 10.4. The summed E-state index contributed by atoms with van der Waals surface area (Å²) >= 11 is 5.99. The van der Waals surface area contributed by atoms with Crippen molar-refractivity contribution in [1.29, 1.82) is 0 Å². The molecule has 18 heavy (non-hydrogen) atoms. The molecule has 0 heterocycles. The standard InChI is InChI=1S/C14H20ClNO2/c1-18-12-7-6-10(15)8-11(12)13(16)14(17)9-4-2-3-5-9/h6-9,13-14,17H,2-5,16H2,1H3/t13-,14+/m0/s1. The summed E-state index contributed by atoms with van der Waals surface area (Å²) in [6.45, 7) is 0. The van der Waals surface area contributed by atoms with E-state index in [1.54, 1.807) is 25.3 Å². The van der Waals surface area contributed by atoms with Gasteiger partial charge in [0.05, 0.1) is 19.3 Å². The lowest BCUT2D eigenvalue weighted by molar-refractivity contribution is 0.0836. The van der Waals surface area contributed by atoms with Gasteiger partial charge in [0, 0.05) is 10.6 Å². The van der Waals surface area contributed by atoms with Crippen LogP contribution >= 0.6 is 11.6 Å². The Kier molecular flexibility index (Phi) is 4.49. The van der Waals surface area contributed by atoms with Crippen molar-refractivity contribution in [3.63, 3.8) is 0 Å². The van der Waals surface area contributed by atoms with Gasteiger partial charge in [-0.15, -0.1) is 0 Å². The van der Waals surface area contributed by atoms with Crippen LogP contribution in [-0.2, 0) is 0 Å². The van der Waals surface area contributed by atoms with Crippen LogP contribution in [0.25, 0.3) is 0 Å². The van der Waals surface area contributed by atoms with Crippen LogP contribution in [0.15, 0.2) is 18.2 Å². The van der Waals surface area contributed by atoms with Crippen molar-refractivity contribution in [3.8, 4) is 5.75 Å². The smallest absolute Gasteiger partial charge is 0.123 e. The number of methoxy groups -OCH3 is 1. The molecule has 0 saturated heterocycles. The van der Waals surface area contributed by atoms with E-state index in [9.17, 15) is 5.11 Å². The summed E-state index contributed by atoms with van der Waals surface area (Å²) in [5.41, 5.74) is 6.96. The molecule has 0 aliphatic heterocycles. The highest BCUT2D eigenvalue weighted by molar-refractivity contribution is 6.30. The number of rotatable bonds is 4. The Morgan fingerprint density at radius 3 is 2.67 bits per heavy atom. The van der Waals surface area contributed by atoms with Gasteiger partial charge in [0.15, 0.2) is 0 Å². The first-order chi connectivity index (χ1) is 8.63. The summed E-state index contributed by atoms with van der Waals surface area (Å²) in [5.74, 6) is 0.979. The van der Waals surface area contributed by atoms with Crippen molar-refractivity contribution in [2.75, 3.05) is 7.11 Å². The molecule has 100 valence electrons. The molecule has 0 unspecified atom stereocenters. The molecular formula is C14H20ClNO2. The summed E-state index contributed by atoms with van der Waals surface area (Å²) in [6, 6.07) is 4.89. The van der Waals surface area contributed by atoms with Crippen LogP contribution < -0.4 is 10.5 Å². The van der Waals surface area contributed by atoms with E-state index in [-0.39, 0.29) is 0 Å². The summed E-state index contributed by atoms with van der Waals surface area (Å²) in [4.78, 5) is 0. The van der Waals surface area contributed by atoms with Crippen LogP contribution in [0.4, 0.5) is 0 Å². The highest BCUT2D eigenvalue weighted by atomic mass is 35.5. The van der Waals surface area contributed by atoms with Crippen molar-refractivity contribution in [2.45, 2.75) is 37.8 Å². The van der Waals surface area contributed by atoms with Gasteiger partial charge >= 0.3 is 0 Å². The molecule has 1 aliphatic carbocycles. The second-order valence-corrected chi connectivity index (χ2v) is 5.38. The lowest BCUT2D eigenvalue weighted by Crippen LogP contribution is -2.32. The van der Waals surface area contributed by atoms with Gasteiger partial charge in [0.2, 0.25) is 0 Å². The molecule has 1 aromatic rings.